The number of hydrogen-bond acceptors (Lipinski definition) is 5. The third-order valence-electron chi connectivity index (χ3n) is 7.22. The summed E-state index contributed by atoms with van der Waals surface area (Å²) in [5, 5.41) is 4.56. The van der Waals surface area contributed by atoms with Crippen LogP contribution in [0, 0.1) is 5.92 Å². The molecule has 0 aliphatic carbocycles. The number of nitrogens with one attached hydrogen (secondary N) is 1. The van der Waals surface area contributed by atoms with Gasteiger partial charge in [-0.1, -0.05) is 42.5 Å². The van der Waals surface area contributed by atoms with Gasteiger partial charge in [0.2, 0.25) is 0 Å². The van der Waals surface area contributed by atoms with Crippen LogP contribution in [0.2, 0.25) is 0 Å². The summed E-state index contributed by atoms with van der Waals surface area (Å²) in [5.74, 6) is 1.44. The van der Waals surface area contributed by atoms with Gasteiger partial charge >= 0.3 is 0 Å². The zero-order valence-electron chi connectivity index (χ0n) is 18.7. The lowest BCUT2D eigenvalue weighted by Crippen LogP contribution is -2.47. The molecule has 3 aromatic rings. The van der Waals surface area contributed by atoms with Crippen molar-refractivity contribution in [2.45, 2.75) is 24.8 Å². The average molecular weight is 441 g/mol. The van der Waals surface area contributed by atoms with E-state index in [4.69, 9.17) is 9.73 Å². The van der Waals surface area contributed by atoms with Crippen molar-refractivity contribution in [3.8, 4) is 11.1 Å². The van der Waals surface area contributed by atoms with Gasteiger partial charge in [-0.15, -0.1) is 0 Å². The molecule has 1 atom stereocenters. The third kappa shape index (κ3) is 3.73. The predicted octanol–water partition coefficient (Wildman–Crippen LogP) is 3.65. The second-order valence-electron chi connectivity index (χ2n) is 9.34. The number of pyridine rings is 1. The van der Waals surface area contributed by atoms with Crippen LogP contribution in [0.3, 0.4) is 0 Å². The third-order valence-corrected chi connectivity index (χ3v) is 7.22. The normalized spacial score (nSPS) is 22.3. The molecule has 33 heavy (non-hydrogen) atoms. The summed E-state index contributed by atoms with van der Waals surface area (Å²) in [7, 11) is 0. The summed E-state index contributed by atoms with van der Waals surface area (Å²) in [4.78, 5) is 25.1. The monoisotopic (exact) mass is 440 g/mol. The number of carbonyl (C=O) groups is 1. The van der Waals surface area contributed by atoms with Crippen molar-refractivity contribution in [2.75, 3.05) is 32.8 Å². The number of aromatic nitrogens is 1. The molecule has 4 heterocycles. The van der Waals surface area contributed by atoms with Gasteiger partial charge in [0.05, 0.1) is 5.52 Å². The Morgan fingerprint density at radius 3 is 2.61 bits per heavy atom. The zero-order valence-corrected chi connectivity index (χ0v) is 18.7. The van der Waals surface area contributed by atoms with Gasteiger partial charge < -0.3 is 10.1 Å². The Kier molecular flexibility index (Phi) is 5.19. The highest BCUT2D eigenvalue weighted by atomic mass is 16.5. The zero-order chi connectivity index (χ0) is 22.3. The lowest BCUT2D eigenvalue weighted by molar-refractivity contribution is -0.134. The fraction of sp³-hybridized carbons (Fsp3) is 0.370. The molecule has 3 aliphatic rings. The smallest absolute Gasteiger partial charge is 0.256 e. The second-order valence-corrected chi connectivity index (χ2v) is 9.34. The van der Waals surface area contributed by atoms with E-state index in [1.54, 1.807) is 0 Å². The van der Waals surface area contributed by atoms with Crippen LogP contribution in [0.4, 0.5) is 0 Å². The molecule has 1 spiro atoms. The first kappa shape index (κ1) is 20.5. The number of carbonyl (C=O) groups excluding carboxylic acids is 1. The molecule has 2 fully saturated rings. The Labute approximate surface area is 193 Å². The molecule has 6 nitrogen and oxygen atoms in total. The maximum Gasteiger partial charge on any atom is 0.256 e. The molecule has 3 aliphatic heterocycles. The number of nitrogens with zero attached hydrogens (tertiary/aromatic N) is 3. The maximum atomic E-state index is 13.6. The average Bonchev–Trinajstić information content (AvgIpc) is 3.47. The van der Waals surface area contributed by atoms with Crippen molar-refractivity contribution in [3.63, 3.8) is 0 Å². The van der Waals surface area contributed by atoms with E-state index in [2.05, 4.69) is 58.8 Å². The van der Waals surface area contributed by atoms with Crippen LogP contribution in [0.1, 0.15) is 24.8 Å². The number of ether oxygens (including phenoxy) is 1. The molecule has 6 heteroatoms. The molecule has 168 valence electrons. The minimum atomic E-state index is -0.650. The van der Waals surface area contributed by atoms with Gasteiger partial charge in [-0.3, -0.25) is 19.7 Å². The fourth-order valence-corrected chi connectivity index (χ4v) is 5.27. The molecule has 0 radical (unpaired) electrons. The van der Waals surface area contributed by atoms with Crippen molar-refractivity contribution in [1.29, 1.82) is 0 Å². The standard InChI is InChI=1S/C27H28N4O2/c32-26-27(10-14-33-15-11-27)30-25(31(26)18-19-9-13-28-17-19)22-6-3-20(4-7-22)23-8-5-21-2-1-12-29-24(21)16-23/h1-8,12,16,19,28H,9-11,13-15,17-18H2/t19-/m1/s1. The Morgan fingerprint density at radius 2 is 1.82 bits per heavy atom. The molecule has 1 aromatic heterocycles. The first-order valence-electron chi connectivity index (χ1n) is 11.9. The van der Waals surface area contributed by atoms with Gasteiger partial charge in [0.1, 0.15) is 11.4 Å². The van der Waals surface area contributed by atoms with Crippen LogP contribution in [-0.4, -0.2) is 60.0 Å². The molecule has 0 unspecified atom stereocenters. The SMILES string of the molecule is O=C1N(C[C@@H]2CCNC2)C(c2ccc(-c3ccc4cccnc4c3)cc2)=NC12CCOCC2. The van der Waals surface area contributed by atoms with Gasteiger partial charge in [0, 0.05) is 49.7 Å². The van der Waals surface area contributed by atoms with Crippen molar-refractivity contribution in [2.24, 2.45) is 10.9 Å². The van der Waals surface area contributed by atoms with Crippen molar-refractivity contribution >= 4 is 22.6 Å². The number of benzene rings is 2. The Morgan fingerprint density at radius 1 is 1.03 bits per heavy atom. The Hall–Kier alpha value is -3.09. The highest BCUT2D eigenvalue weighted by Gasteiger charge is 2.49. The quantitative estimate of drug-likeness (QED) is 0.673. The van der Waals surface area contributed by atoms with Gasteiger partial charge in [0.15, 0.2) is 0 Å². The molecule has 0 bridgehead atoms. The van der Waals surface area contributed by atoms with Crippen molar-refractivity contribution in [3.05, 3.63) is 66.4 Å². The number of hydrogen-bond donors (Lipinski definition) is 1. The lowest BCUT2D eigenvalue weighted by Gasteiger charge is -2.30. The summed E-state index contributed by atoms with van der Waals surface area (Å²) in [6.07, 6.45) is 4.25. The lowest BCUT2D eigenvalue weighted by atomic mass is 9.90. The Bertz CT molecular complexity index is 1210. The highest BCUT2D eigenvalue weighted by Crippen LogP contribution is 2.35. The van der Waals surface area contributed by atoms with Crippen LogP contribution in [0.25, 0.3) is 22.0 Å². The molecule has 2 saturated heterocycles. The maximum absolute atomic E-state index is 13.6. The minimum absolute atomic E-state index is 0.150. The van der Waals surface area contributed by atoms with E-state index in [0.717, 1.165) is 59.5 Å². The van der Waals surface area contributed by atoms with E-state index in [1.807, 2.05) is 17.2 Å². The van der Waals surface area contributed by atoms with Crippen molar-refractivity contribution < 1.29 is 9.53 Å². The van der Waals surface area contributed by atoms with Crippen molar-refractivity contribution in [1.82, 2.24) is 15.2 Å². The summed E-state index contributed by atoms with van der Waals surface area (Å²) in [6, 6.07) is 18.8. The van der Waals surface area contributed by atoms with Crippen LogP contribution in [0.15, 0.2) is 65.8 Å². The van der Waals surface area contributed by atoms with Crippen LogP contribution >= 0.6 is 0 Å². The number of amides is 1. The van der Waals surface area contributed by atoms with Crippen LogP contribution in [0.5, 0.6) is 0 Å². The molecule has 6 rings (SSSR count). The van der Waals surface area contributed by atoms with Gasteiger partial charge in [-0.05, 0) is 48.7 Å². The minimum Gasteiger partial charge on any atom is -0.381 e. The second kappa shape index (κ2) is 8.36. The van der Waals surface area contributed by atoms with Crippen LogP contribution < -0.4 is 5.32 Å². The van der Waals surface area contributed by atoms with E-state index < -0.39 is 5.54 Å². The summed E-state index contributed by atoms with van der Waals surface area (Å²) in [5.41, 5.74) is 3.60. The summed E-state index contributed by atoms with van der Waals surface area (Å²) in [6.45, 7) is 3.90. The highest BCUT2D eigenvalue weighted by molar-refractivity contribution is 6.15. The summed E-state index contributed by atoms with van der Waals surface area (Å²) >= 11 is 0. The molecular formula is C27H28N4O2. The Balaban J connectivity index is 1.33. The molecule has 0 saturated carbocycles. The van der Waals surface area contributed by atoms with E-state index in [9.17, 15) is 4.79 Å². The first-order valence-corrected chi connectivity index (χ1v) is 11.9. The molecule has 1 N–H and O–H groups in total. The van der Waals surface area contributed by atoms with Gasteiger partial charge in [-0.2, -0.15) is 0 Å². The summed E-state index contributed by atoms with van der Waals surface area (Å²) < 4.78 is 5.55. The van der Waals surface area contributed by atoms with Gasteiger partial charge in [-0.25, -0.2) is 0 Å². The number of fused-ring (bicyclic) bond motifs is 1. The van der Waals surface area contributed by atoms with E-state index in [0.29, 0.717) is 32.0 Å². The fourth-order valence-electron chi connectivity index (χ4n) is 5.27. The number of rotatable bonds is 4. The van der Waals surface area contributed by atoms with E-state index in [-0.39, 0.29) is 5.91 Å². The topological polar surface area (TPSA) is 66.8 Å². The van der Waals surface area contributed by atoms with Gasteiger partial charge in [0.25, 0.3) is 5.91 Å². The van der Waals surface area contributed by atoms with Crippen LogP contribution in [-0.2, 0) is 9.53 Å². The first-order chi connectivity index (χ1) is 16.2. The molecular weight excluding hydrogens is 412 g/mol. The van der Waals surface area contributed by atoms with E-state index in [1.165, 1.54) is 0 Å². The number of amidine groups is 1. The largest absolute Gasteiger partial charge is 0.381 e. The predicted molar refractivity (Wildman–Crippen MR) is 129 cm³/mol. The molecule has 2 aromatic carbocycles. The molecule has 1 amide bonds. The van der Waals surface area contributed by atoms with E-state index >= 15 is 0 Å². The number of aliphatic imine (C=N–C) groups is 1.